The number of amides is 1. The minimum absolute atomic E-state index is 0.243. The number of carbonyl (C=O) groups is 1. The van der Waals surface area contributed by atoms with Gasteiger partial charge in [-0.2, -0.15) is 0 Å². The lowest BCUT2D eigenvalue weighted by atomic mass is 9.90. The van der Waals surface area contributed by atoms with Crippen LogP contribution in [-0.4, -0.2) is 34.0 Å². The summed E-state index contributed by atoms with van der Waals surface area (Å²) in [6, 6.07) is 2.90. The maximum absolute atomic E-state index is 12.1. The van der Waals surface area contributed by atoms with Gasteiger partial charge in [-0.25, -0.2) is 4.79 Å². The van der Waals surface area contributed by atoms with Gasteiger partial charge in [0.25, 0.3) is 0 Å². The molecule has 1 saturated carbocycles. The van der Waals surface area contributed by atoms with Crippen molar-refractivity contribution < 1.29 is 19.4 Å². The summed E-state index contributed by atoms with van der Waals surface area (Å²) >= 11 is 0. The van der Waals surface area contributed by atoms with Crippen LogP contribution >= 0.6 is 0 Å². The highest BCUT2D eigenvalue weighted by Crippen LogP contribution is 2.37. The van der Waals surface area contributed by atoms with Crippen molar-refractivity contribution in [1.82, 2.24) is 10.3 Å². The molecule has 0 radical (unpaired) electrons. The molecule has 1 unspecified atom stereocenters. The summed E-state index contributed by atoms with van der Waals surface area (Å²) in [5.74, 6) is 0.693. The third-order valence-electron chi connectivity index (χ3n) is 4.82. The van der Waals surface area contributed by atoms with E-state index >= 15 is 0 Å². The highest BCUT2D eigenvalue weighted by Gasteiger charge is 2.33. The molecule has 1 aromatic heterocycles. The fourth-order valence-corrected chi connectivity index (χ4v) is 3.32. The first-order chi connectivity index (χ1) is 12.4. The van der Waals surface area contributed by atoms with Gasteiger partial charge in [0.1, 0.15) is 17.4 Å². The first-order valence-corrected chi connectivity index (χ1v) is 9.69. The quantitative estimate of drug-likeness (QED) is 0.768. The van der Waals surface area contributed by atoms with E-state index in [0.29, 0.717) is 18.1 Å². The van der Waals surface area contributed by atoms with Gasteiger partial charge in [-0.05, 0) is 59.6 Å². The van der Waals surface area contributed by atoms with Gasteiger partial charge in [0.15, 0.2) is 0 Å². The average Bonchev–Trinajstić information content (AvgIpc) is 2.96. The van der Waals surface area contributed by atoms with Crippen molar-refractivity contribution in [2.24, 2.45) is 5.41 Å². The van der Waals surface area contributed by atoms with E-state index in [-0.39, 0.29) is 5.41 Å². The molecule has 27 heavy (non-hydrogen) atoms. The van der Waals surface area contributed by atoms with Crippen molar-refractivity contribution in [2.45, 2.75) is 84.5 Å². The van der Waals surface area contributed by atoms with Crippen LogP contribution in [0.25, 0.3) is 0 Å². The Morgan fingerprint density at radius 2 is 1.89 bits per heavy atom. The van der Waals surface area contributed by atoms with E-state index in [1.807, 2.05) is 6.07 Å². The topological polar surface area (TPSA) is 80.7 Å². The molecule has 1 heterocycles. The third kappa shape index (κ3) is 6.69. The molecule has 0 bridgehead atoms. The van der Waals surface area contributed by atoms with Crippen molar-refractivity contribution in [3.63, 3.8) is 0 Å². The van der Waals surface area contributed by atoms with E-state index in [4.69, 9.17) is 9.47 Å². The molecule has 1 aliphatic carbocycles. The molecule has 1 amide bonds. The van der Waals surface area contributed by atoms with Crippen LogP contribution in [0.2, 0.25) is 0 Å². The number of nitrogens with one attached hydrogen (secondary N) is 1. The van der Waals surface area contributed by atoms with Crippen LogP contribution in [0.4, 0.5) is 4.79 Å². The third-order valence-corrected chi connectivity index (χ3v) is 4.82. The van der Waals surface area contributed by atoms with Gasteiger partial charge >= 0.3 is 6.09 Å². The zero-order chi connectivity index (χ0) is 20.3. The number of rotatable bonds is 6. The fourth-order valence-electron chi connectivity index (χ4n) is 3.32. The molecule has 1 aliphatic rings. The van der Waals surface area contributed by atoms with Crippen LogP contribution in [-0.2, 0) is 4.74 Å². The van der Waals surface area contributed by atoms with Crippen LogP contribution < -0.4 is 10.1 Å². The Balaban J connectivity index is 2.04. The van der Waals surface area contributed by atoms with Gasteiger partial charge in [-0.15, -0.1) is 0 Å². The monoisotopic (exact) mass is 378 g/mol. The predicted octanol–water partition coefficient (Wildman–Crippen LogP) is 4.38. The molecule has 152 valence electrons. The molecule has 6 nitrogen and oxygen atoms in total. The van der Waals surface area contributed by atoms with Crippen LogP contribution in [0.3, 0.4) is 0 Å². The molecule has 2 N–H and O–H groups in total. The van der Waals surface area contributed by atoms with Gasteiger partial charge in [-0.1, -0.05) is 19.8 Å². The van der Waals surface area contributed by atoms with Gasteiger partial charge in [-0.3, -0.25) is 4.98 Å². The Labute approximate surface area is 162 Å². The molecule has 0 saturated heterocycles. The molecule has 6 heteroatoms. The molecule has 2 rings (SSSR count). The largest absolute Gasteiger partial charge is 0.491 e. The average molecular weight is 379 g/mol. The fraction of sp³-hybridized carbons (Fsp3) is 0.714. The number of hydrogen-bond acceptors (Lipinski definition) is 5. The Kier molecular flexibility index (Phi) is 6.40. The zero-order valence-corrected chi connectivity index (χ0v) is 17.5. The van der Waals surface area contributed by atoms with Crippen LogP contribution in [0.5, 0.6) is 5.75 Å². The number of carbonyl (C=O) groups excluding carboxylic acids is 1. The van der Waals surface area contributed by atoms with Gasteiger partial charge in [0, 0.05) is 5.41 Å². The van der Waals surface area contributed by atoms with Crippen molar-refractivity contribution >= 4 is 6.09 Å². The first-order valence-electron chi connectivity index (χ1n) is 9.69. The minimum atomic E-state index is -1.20. The first kappa shape index (κ1) is 21.5. The number of aliphatic hydroxyl groups is 1. The van der Waals surface area contributed by atoms with Gasteiger partial charge in [0.2, 0.25) is 0 Å². The molecular formula is C21H34N2O4. The van der Waals surface area contributed by atoms with E-state index in [9.17, 15) is 9.90 Å². The van der Waals surface area contributed by atoms with Gasteiger partial charge < -0.3 is 19.9 Å². The second-order valence-corrected chi connectivity index (χ2v) is 9.46. The predicted molar refractivity (Wildman–Crippen MR) is 105 cm³/mol. The summed E-state index contributed by atoms with van der Waals surface area (Å²) in [4.78, 5) is 16.6. The van der Waals surface area contributed by atoms with E-state index in [1.54, 1.807) is 46.9 Å². The molecule has 0 aromatic carbocycles. The maximum atomic E-state index is 12.1. The summed E-state index contributed by atoms with van der Waals surface area (Å²) in [6.45, 7) is 11.6. The summed E-state index contributed by atoms with van der Waals surface area (Å²) in [6.07, 6.45) is 5.97. The summed E-state index contributed by atoms with van der Waals surface area (Å²) in [7, 11) is 0. The Morgan fingerprint density at radius 1 is 1.26 bits per heavy atom. The highest BCUT2D eigenvalue weighted by atomic mass is 16.6. The Hall–Kier alpha value is -1.82. The molecule has 1 atom stereocenters. The van der Waals surface area contributed by atoms with Crippen LogP contribution in [0, 0.1) is 5.41 Å². The molecular weight excluding hydrogens is 344 g/mol. The molecule has 0 spiro atoms. The van der Waals surface area contributed by atoms with Crippen molar-refractivity contribution in [2.75, 3.05) is 6.61 Å². The number of pyridine rings is 1. The number of alkyl carbamates (subject to hydrolysis) is 1. The van der Waals surface area contributed by atoms with Crippen molar-refractivity contribution in [3.8, 4) is 5.75 Å². The number of ether oxygens (including phenoxy) is 2. The molecule has 1 aromatic rings. The standard InChI is InChI=1S/C21H34N2O4/c1-19(2,3)27-18(24)23-17(20(4,5)25)16-10-9-15(13-22-16)26-14-21(6)11-7-8-12-21/h9-10,13,17,25H,7-8,11-12,14H2,1-6H3,(H,23,24). The second-order valence-electron chi connectivity index (χ2n) is 9.46. The summed E-state index contributed by atoms with van der Waals surface area (Å²) < 4.78 is 11.2. The zero-order valence-electron chi connectivity index (χ0n) is 17.5. The lowest BCUT2D eigenvalue weighted by molar-refractivity contribution is 0.0153. The Morgan fingerprint density at radius 3 is 2.37 bits per heavy atom. The summed E-state index contributed by atoms with van der Waals surface area (Å²) in [5, 5.41) is 13.2. The number of hydrogen-bond donors (Lipinski definition) is 2. The SMILES string of the molecule is CC1(COc2ccc(C(NC(=O)OC(C)(C)C)C(C)(C)O)nc2)CCCC1. The smallest absolute Gasteiger partial charge is 0.408 e. The van der Waals surface area contributed by atoms with Crippen molar-refractivity contribution in [1.29, 1.82) is 0 Å². The lowest BCUT2D eigenvalue weighted by Crippen LogP contribution is -2.44. The molecule has 0 aliphatic heterocycles. The van der Waals surface area contributed by atoms with E-state index in [2.05, 4.69) is 17.2 Å². The van der Waals surface area contributed by atoms with E-state index in [1.165, 1.54) is 25.7 Å². The number of nitrogens with zero attached hydrogens (tertiary/aromatic N) is 1. The van der Waals surface area contributed by atoms with E-state index < -0.39 is 23.3 Å². The lowest BCUT2D eigenvalue weighted by Gasteiger charge is -2.31. The number of aromatic nitrogens is 1. The second kappa shape index (κ2) is 8.05. The van der Waals surface area contributed by atoms with Crippen molar-refractivity contribution in [3.05, 3.63) is 24.0 Å². The highest BCUT2D eigenvalue weighted by molar-refractivity contribution is 5.68. The van der Waals surface area contributed by atoms with E-state index in [0.717, 1.165) is 0 Å². The Bertz CT molecular complexity index is 623. The van der Waals surface area contributed by atoms with Gasteiger partial charge in [0.05, 0.1) is 24.1 Å². The maximum Gasteiger partial charge on any atom is 0.408 e. The minimum Gasteiger partial charge on any atom is -0.491 e. The molecule has 1 fully saturated rings. The van der Waals surface area contributed by atoms with Crippen LogP contribution in [0.1, 0.15) is 79.0 Å². The normalized spacial score (nSPS) is 18.0. The summed E-state index contributed by atoms with van der Waals surface area (Å²) in [5.41, 5.74) is -1.03. The van der Waals surface area contributed by atoms with Crippen LogP contribution in [0.15, 0.2) is 18.3 Å².